The first-order chi connectivity index (χ1) is 8.69. The molecular weight excluding hydrogens is 224 g/mol. The smallest absolute Gasteiger partial charge is 0.119 e. The second-order valence-corrected chi connectivity index (χ2v) is 4.42. The van der Waals surface area contributed by atoms with Crippen LogP contribution in [0.1, 0.15) is 13.8 Å². The average Bonchev–Trinajstić information content (AvgIpc) is 2.39. The van der Waals surface area contributed by atoms with Crippen molar-refractivity contribution in [2.24, 2.45) is 0 Å². The Balaban J connectivity index is 2.22. The van der Waals surface area contributed by atoms with Gasteiger partial charge in [0.2, 0.25) is 0 Å². The number of hydrogen-bond donors (Lipinski definition) is 0. The minimum Gasteiger partial charge on any atom is -0.497 e. The van der Waals surface area contributed by atoms with Crippen molar-refractivity contribution in [3.63, 3.8) is 0 Å². The van der Waals surface area contributed by atoms with Gasteiger partial charge in [0.25, 0.3) is 0 Å². The van der Waals surface area contributed by atoms with Gasteiger partial charge in [-0.15, -0.1) is 0 Å². The molecule has 0 aliphatic rings. The highest BCUT2D eigenvalue weighted by molar-refractivity contribution is 5.65. The molecule has 0 N–H and O–H groups in total. The molecule has 94 valence electrons. The molecule has 0 unspecified atom stereocenters. The molecule has 0 bridgehead atoms. The van der Waals surface area contributed by atoms with E-state index in [0.29, 0.717) is 0 Å². The van der Waals surface area contributed by atoms with E-state index in [1.54, 1.807) is 7.11 Å². The van der Waals surface area contributed by atoms with Gasteiger partial charge in [-0.2, -0.15) is 0 Å². The zero-order valence-electron chi connectivity index (χ0n) is 11.0. The van der Waals surface area contributed by atoms with E-state index >= 15 is 0 Å². The summed E-state index contributed by atoms with van der Waals surface area (Å²) < 4.78 is 10.9. The van der Waals surface area contributed by atoms with E-state index in [0.717, 1.165) is 22.6 Å². The predicted molar refractivity (Wildman–Crippen MR) is 74.2 cm³/mol. The molecule has 0 heterocycles. The van der Waals surface area contributed by atoms with Gasteiger partial charge in [-0.1, -0.05) is 24.3 Å². The van der Waals surface area contributed by atoms with Gasteiger partial charge >= 0.3 is 0 Å². The van der Waals surface area contributed by atoms with Gasteiger partial charge in [0.1, 0.15) is 11.5 Å². The van der Waals surface area contributed by atoms with Gasteiger partial charge in [-0.3, -0.25) is 0 Å². The Kier molecular flexibility index (Phi) is 3.88. The molecule has 2 aromatic rings. The molecular formula is C16H18O2. The van der Waals surface area contributed by atoms with Gasteiger partial charge in [-0.25, -0.2) is 0 Å². The van der Waals surface area contributed by atoms with E-state index in [-0.39, 0.29) is 6.10 Å². The standard InChI is InChI=1S/C16H18O2/c1-12(2)18-15-9-7-13(8-10-15)14-5-4-6-16(11-14)17-3/h4-12H,1-3H3. The fourth-order valence-electron chi connectivity index (χ4n) is 1.80. The summed E-state index contributed by atoms with van der Waals surface area (Å²) in [5.41, 5.74) is 2.30. The molecule has 0 fully saturated rings. The molecule has 0 saturated carbocycles. The second kappa shape index (κ2) is 5.58. The summed E-state index contributed by atoms with van der Waals surface area (Å²) in [6.07, 6.45) is 0.202. The highest BCUT2D eigenvalue weighted by atomic mass is 16.5. The van der Waals surface area contributed by atoms with Crippen LogP contribution in [-0.2, 0) is 0 Å². The Morgan fingerprint density at radius 3 is 2.17 bits per heavy atom. The van der Waals surface area contributed by atoms with Crippen LogP contribution in [0.25, 0.3) is 11.1 Å². The van der Waals surface area contributed by atoms with Crippen LogP contribution < -0.4 is 9.47 Å². The minimum absolute atomic E-state index is 0.202. The van der Waals surface area contributed by atoms with Gasteiger partial charge in [-0.05, 0) is 49.2 Å². The van der Waals surface area contributed by atoms with E-state index in [4.69, 9.17) is 9.47 Å². The third kappa shape index (κ3) is 3.04. The molecule has 0 aromatic heterocycles. The summed E-state index contributed by atoms with van der Waals surface area (Å²) in [4.78, 5) is 0. The second-order valence-electron chi connectivity index (χ2n) is 4.42. The normalized spacial score (nSPS) is 10.4. The van der Waals surface area contributed by atoms with E-state index in [2.05, 4.69) is 18.2 Å². The molecule has 0 atom stereocenters. The van der Waals surface area contributed by atoms with E-state index in [1.807, 2.05) is 44.2 Å². The van der Waals surface area contributed by atoms with Crippen molar-refractivity contribution in [3.8, 4) is 22.6 Å². The molecule has 0 aliphatic heterocycles. The Labute approximate surface area is 108 Å². The molecule has 18 heavy (non-hydrogen) atoms. The summed E-state index contributed by atoms with van der Waals surface area (Å²) in [5, 5.41) is 0. The largest absolute Gasteiger partial charge is 0.497 e. The quantitative estimate of drug-likeness (QED) is 0.801. The summed E-state index contributed by atoms with van der Waals surface area (Å²) in [6, 6.07) is 16.1. The van der Waals surface area contributed by atoms with Gasteiger partial charge in [0.05, 0.1) is 13.2 Å². The first kappa shape index (κ1) is 12.5. The SMILES string of the molecule is COc1cccc(-c2ccc(OC(C)C)cc2)c1. The summed E-state index contributed by atoms with van der Waals surface area (Å²) >= 11 is 0. The van der Waals surface area contributed by atoms with Crippen molar-refractivity contribution < 1.29 is 9.47 Å². The van der Waals surface area contributed by atoms with Crippen molar-refractivity contribution in [2.75, 3.05) is 7.11 Å². The average molecular weight is 242 g/mol. The number of rotatable bonds is 4. The monoisotopic (exact) mass is 242 g/mol. The van der Waals surface area contributed by atoms with Crippen molar-refractivity contribution >= 4 is 0 Å². The molecule has 2 rings (SSSR count). The summed E-state index contributed by atoms with van der Waals surface area (Å²) in [5.74, 6) is 1.77. The Morgan fingerprint density at radius 1 is 0.833 bits per heavy atom. The third-order valence-electron chi connectivity index (χ3n) is 2.63. The Morgan fingerprint density at radius 2 is 1.56 bits per heavy atom. The molecule has 2 heteroatoms. The molecule has 2 nitrogen and oxygen atoms in total. The number of ether oxygens (including phenoxy) is 2. The van der Waals surface area contributed by atoms with Gasteiger partial charge < -0.3 is 9.47 Å². The van der Waals surface area contributed by atoms with Crippen LogP contribution in [0.5, 0.6) is 11.5 Å². The number of hydrogen-bond acceptors (Lipinski definition) is 2. The lowest BCUT2D eigenvalue weighted by molar-refractivity contribution is 0.242. The van der Waals surface area contributed by atoms with Crippen molar-refractivity contribution in [3.05, 3.63) is 48.5 Å². The van der Waals surface area contributed by atoms with Crippen LogP contribution in [0.2, 0.25) is 0 Å². The Hall–Kier alpha value is -1.96. The first-order valence-corrected chi connectivity index (χ1v) is 6.10. The van der Waals surface area contributed by atoms with Crippen LogP contribution in [0.3, 0.4) is 0 Å². The molecule has 2 aromatic carbocycles. The summed E-state index contributed by atoms with van der Waals surface area (Å²) in [6.45, 7) is 4.05. The molecule has 0 radical (unpaired) electrons. The molecule has 0 saturated heterocycles. The van der Waals surface area contributed by atoms with E-state index in [1.165, 1.54) is 0 Å². The zero-order chi connectivity index (χ0) is 13.0. The lowest BCUT2D eigenvalue weighted by atomic mass is 10.1. The highest BCUT2D eigenvalue weighted by Gasteiger charge is 2.01. The predicted octanol–water partition coefficient (Wildman–Crippen LogP) is 4.15. The van der Waals surface area contributed by atoms with Crippen LogP contribution in [0.4, 0.5) is 0 Å². The molecule has 0 spiro atoms. The maximum Gasteiger partial charge on any atom is 0.119 e. The van der Waals surface area contributed by atoms with Crippen LogP contribution >= 0.6 is 0 Å². The van der Waals surface area contributed by atoms with Crippen LogP contribution in [-0.4, -0.2) is 13.2 Å². The highest BCUT2D eigenvalue weighted by Crippen LogP contribution is 2.25. The molecule has 0 amide bonds. The van der Waals surface area contributed by atoms with Crippen LogP contribution in [0, 0.1) is 0 Å². The third-order valence-corrected chi connectivity index (χ3v) is 2.63. The first-order valence-electron chi connectivity index (χ1n) is 6.10. The van der Waals surface area contributed by atoms with Gasteiger partial charge in [0.15, 0.2) is 0 Å². The van der Waals surface area contributed by atoms with E-state index in [9.17, 15) is 0 Å². The maximum atomic E-state index is 5.63. The fraction of sp³-hybridized carbons (Fsp3) is 0.250. The van der Waals surface area contributed by atoms with Crippen molar-refractivity contribution in [2.45, 2.75) is 20.0 Å². The topological polar surface area (TPSA) is 18.5 Å². The lowest BCUT2D eigenvalue weighted by Gasteiger charge is -2.10. The number of methoxy groups -OCH3 is 1. The van der Waals surface area contributed by atoms with Crippen molar-refractivity contribution in [1.82, 2.24) is 0 Å². The van der Waals surface area contributed by atoms with E-state index < -0.39 is 0 Å². The van der Waals surface area contributed by atoms with Crippen molar-refractivity contribution in [1.29, 1.82) is 0 Å². The maximum absolute atomic E-state index is 5.63. The lowest BCUT2D eigenvalue weighted by Crippen LogP contribution is -2.05. The number of benzene rings is 2. The van der Waals surface area contributed by atoms with Crippen LogP contribution in [0.15, 0.2) is 48.5 Å². The zero-order valence-corrected chi connectivity index (χ0v) is 11.0. The molecule has 0 aliphatic carbocycles. The Bertz CT molecular complexity index is 501. The van der Waals surface area contributed by atoms with Gasteiger partial charge in [0, 0.05) is 0 Å². The minimum atomic E-state index is 0.202. The summed E-state index contributed by atoms with van der Waals surface area (Å²) in [7, 11) is 1.68. The fourth-order valence-corrected chi connectivity index (χ4v) is 1.80.